The van der Waals surface area contributed by atoms with E-state index in [2.05, 4.69) is 26.3 Å². The van der Waals surface area contributed by atoms with Gasteiger partial charge in [-0.3, -0.25) is 14.7 Å². The molecule has 9 nitrogen and oxygen atoms in total. The maximum atomic E-state index is 11.8. The van der Waals surface area contributed by atoms with Gasteiger partial charge in [-0.05, 0) is 41.8 Å². The van der Waals surface area contributed by atoms with Gasteiger partial charge in [-0.25, -0.2) is 15.0 Å². The van der Waals surface area contributed by atoms with E-state index in [4.69, 9.17) is 23.2 Å². The third-order valence-corrected chi connectivity index (χ3v) is 5.55. The quantitative estimate of drug-likeness (QED) is 0.282. The molecule has 11 heteroatoms. The monoisotopic (exact) mass is 479 g/mol. The highest BCUT2D eigenvalue weighted by molar-refractivity contribution is 6.32. The van der Waals surface area contributed by atoms with Crippen LogP contribution in [-0.4, -0.2) is 24.4 Å². The molecule has 4 rings (SSSR count). The van der Waals surface area contributed by atoms with E-state index in [1.54, 1.807) is 42.6 Å². The minimum Gasteiger partial charge on any atom is -0.334 e. The lowest BCUT2D eigenvalue weighted by Crippen LogP contribution is -2.08. The van der Waals surface area contributed by atoms with Gasteiger partial charge in [-0.15, -0.1) is 0 Å². The van der Waals surface area contributed by atoms with Crippen LogP contribution in [0.3, 0.4) is 0 Å². The zero-order valence-electron chi connectivity index (χ0n) is 17.1. The van der Waals surface area contributed by atoms with Crippen LogP contribution in [0.5, 0.6) is 0 Å². The molecule has 0 aliphatic carbocycles. The van der Waals surface area contributed by atoms with Crippen LogP contribution in [0.15, 0.2) is 61.4 Å². The van der Waals surface area contributed by atoms with Crippen molar-refractivity contribution in [1.82, 2.24) is 19.5 Å². The first-order valence-electron chi connectivity index (χ1n) is 9.59. The second-order valence-corrected chi connectivity index (χ2v) is 7.89. The SMILES string of the molecule is Cc1cc(C(C#N)c2ccc(Cl)cc2)c(Cl)cc1Nc1ncnc(-n2ccnc2)c1[N+](=O)[O-]. The van der Waals surface area contributed by atoms with Crippen LogP contribution in [0.1, 0.15) is 22.6 Å². The number of aromatic nitrogens is 4. The number of anilines is 2. The molecule has 0 spiro atoms. The van der Waals surface area contributed by atoms with Crippen LogP contribution < -0.4 is 5.32 Å². The predicted octanol–water partition coefficient (Wildman–Crippen LogP) is 5.58. The van der Waals surface area contributed by atoms with Crippen molar-refractivity contribution in [2.24, 2.45) is 0 Å². The molecule has 1 N–H and O–H groups in total. The van der Waals surface area contributed by atoms with Crippen molar-refractivity contribution in [3.8, 4) is 11.9 Å². The van der Waals surface area contributed by atoms with Crippen molar-refractivity contribution in [1.29, 1.82) is 5.26 Å². The largest absolute Gasteiger partial charge is 0.354 e. The highest BCUT2D eigenvalue weighted by atomic mass is 35.5. The molecule has 0 saturated carbocycles. The zero-order valence-corrected chi connectivity index (χ0v) is 18.6. The number of nitro groups is 1. The number of hydrogen-bond donors (Lipinski definition) is 1. The molecular weight excluding hydrogens is 465 g/mol. The third kappa shape index (κ3) is 4.48. The van der Waals surface area contributed by atoms with Gasteiger partial charge in [0.25, 0.3) is 0 Å². The van der Waals surface area contributed by atoms with Crippen LogP contribution in [0.2, 0.25) is 10.0 Å². The Morgan fingerprint density at radius 3 is 2.61 bits per heavy atom. The fourth-order valence-electron chi connectivity index (χ4n) is 3.37. The molecular formula is C22H15Cl2N7O2. The van der Waals surface area contributed by atoms with Gasteiger partial charge in [-0.2, -0.15) is 5.26 Å². The molecule has 2 heterocycles. The zero-order chi connectivity index (χ0) is 23.5. The number of halogens is 2. The number of nitriles is 1. The van der Waals surface area contributed by atoms with E-state index in [0.717, 1.165) is 11.1 Å². The van der Waals surface area contributed by atoms with Gasteiger partial charge in [0, 0.05) is 28.1 Å². The van der Waals surface area contributed by atoms with E-state index in [-0.39, 0.29) is 17.3 Å². The highest BCUT2D eigenvalue weighted by Gasteiger charge is 2.25. The molecule has 1 atom stereocenters. The number of benzene rings is 2. The van der Waals surface area contributed by atoms with Crippen molar-refractivity contribution in [3.05, 3.63) is 98.3 Å². The Kier molecular flexibility index (Phi) is 6.22. The maximum Gasteiger partial charge on any atom is 0.354 e. The van der Waals surface area contributed by atoms with Crippen LogP contribution in [0, 0.1) is 28.4 Å². The first kappa shape index (κ1) is 22.2. The molecule has 0 saturated heterocycles. The van der Waals surface area contributed by atoms with Gasteiger partial charge in [0.2, 0.25) is 11.6 Å². The first-order chi connectivity index (χ1) is 15.9. The Balaban J connectivity index is 1.73. The fraction of sp³-hybridized carbons (Fsp3) is 0.0909. The molecule has 33 heavy (non-hydrogen) atoms. The summed E-state index contributed by atoms with van der Waals surface area (Å²) < 4.78 is 1.43. The van der Waals surface area contributed by atoms with Crippen LogP contribution >= 0.6 is 23.2 Å². The fourth-order valence-corrected chi connectivity index (χ4v) is 3.77. The van der Waals surface area contributed by atoms with E-state index in [0.29, 0.717) is 21.3 Å². The Morgan fingerprint density at radius 2 is 1.97 bits per heavy atom. The van der Waals surface area contributed by atoms with Crippen LogP contribution in [0.25, 0.3) is 5.82 Å². The number of rotatable bonds is 6. The molecule has 0 aliphatic heterocycles. The number of aryl methyl sites for hydroxylation is 1. The second-order valence-electron chi connectivity index (χ2n) is 7.05. The van der Waals surface area contributed by atoms with Gasteiger partial charge < -0.3 is 5.32 Å². The molecule has 164 valence electrons. The van der Waals surface area contributed by atoms with Crippen molar-refractivity contribution in [2.75, 3.05) is 5.32 Å². The minimum atomic E-state index is -0.608. The number of nitrogens with zero attached hydrogens (tertiary/aromatic N) is 6. The summed E-state index contributed by atoms with van der Waals surface area (Å²) in [7, 11) is 0. The molecule has 2 aromatic carbocycles. The van der Waals surface area contributed by atoms with Crippen LogP contribution in [0.4, 0.5) is 17.2 Å². The average molecular weight is 480 g/mol. The highest BCUT2D eigenvalue weighted by Crippen LogP contribution is 2.37. The average Bonchev–Trinajstić information content (AvgIpc) is 3.33. The molecule has 0 bridgehead atoms. The lowest BCUT2D eigenvalue weighted by Gasteiger charge is -2.16. The number of imidazole rings is 1. The van der Waals surface area contributed by atoms with Gasteiger partial charge in [0.05, 0.1) is 16.9 Å². The minimum absolute atomic E-state index is 0.000140. The molecule has 1 unspecified atom stereocenters. The lowest BCUT2D eigenvalue weighted by molar-refractivity contribution is -0.384. The maximum absolute atomic E-state index is 11.8. The van der Waals surface area contributed by atoms with E-state index < -0.39 is 10.8 Å². The Hall–Kier alpha value is -4.00. The third-order valence-electron chi connectivity index (χ3n) is 4.97. The van der Waals surface area contributed by atoms with Crippen molar-refractivity contribution >= 4 is 40.4 Å². The van der Waals surface area contributed by atoms with Gasteiger partial charge in [0.1, 0.15) is 12.7 Å². The van der Waals surface area contributed by atoms with Gasteiger partial charge in [-0.1, -0.05) is 41.4 Å². The molecule has 0 fully saturated rings. The summed E-state index contributed by atoms with van der Waals surface area (Å²) in [6, 6.07) is 12.6. The number of nitrogens with one attached hydrogen (secondary N) is 1. The summed E-state index contributed by atoms with van der Waals surface area (Å²) in [4.78, 5) is 23.3. The summed E-state index contributed by atoms with van der Waals surface area (Å²) in [5, 5.41) is 25.5. The van der Waals surface area contributed by atoms with Crippen molar-refractivity contribution in [2.45, 2.75) is 12.8 Å². The molecule has 4 aromatic rings. The summed E-state index contributed by atoms with van der Waals surface area (Å²) in [5.74, 6) is -0.536. The van der Waals surface area contributed by atoms with Crippen molar-refractivity contribution < 1.29 is 4.92 Å². The summed E-state index contributed by atoms with van der Waals surface area (Å²) in [6.07, 6.45) is 5.68. The van der Waals surface area contributed by atoms with Crippen LogP contribution in [-0.2, 0) is 0 Å². The van der Waals surface area contributed by atoms with E-state index in [9.17, 15) is 15.4 Å². The normalized spacial score (nSPS) is 11.6. The Bertz CT molecular complexity index is 1370. The van der Waals surface area contributed by atoms with Gasteiger partial charge in [0.15, 0.2) is 0 Å². The Morgan fingerprint density at radius 1 is 1.21 bits per heavy atom. The summed E-state index contributed by atoms with van der Waals surface area (Å²) in [6.45, 7) is 1.81. The lowest BCUT2D eigenvalue weighted by atomic mass is 9.91. The molecule has 0 radical (unpaired) electrons. The second kappa shape index (κ2) is 9.24. The Labute approximate surface area is 198 Å². The topological polar surface area (TPSA) is 123 Å². The first-order valence-corrected chi connectivity index (χ1v) is 10.3. The van der Waals surface area contributed by atoms with E-state index in [1.165, 1.54) is 23.4 Å². The van der Waals surface area contributed by atoms with E-state index in [1.807, 2.05) is 6.92 Å². The van der Waals surface area contributed by atoms with E-state index >= 15 is 0 Å². The smallest absolute Gasteiger partial charge is 0.334 e. The number of hydrogen-bond acceptors (Lipinski definition) is 7. The van der Waals surface area contributed by atoms with Gasteiger partial charge >= 0.3 is 5.69 Å². The summed E-state index contributed by atoms with van der Waals surface area (Å²) in [5.41, 5.74) is 2.28. The molecule has 0 amide bonds. The van der Waals surface area contributed by atoms with Crippen molar-refractivity contribution in [3.63, 3.8) is 0 Å². The molecule has 0 aliphatic rings. The molecule has 2 aromatic heterocycles. The standard InChI is InChI=1S/C22H15Cl2N7O2/c1-13-8-16(17(10-25)14-2-4-15(23)5-3-14)18(24)9-19(13)29-21-20(31(32)33)22(28-11-27-21)30-7-6-26-12-30/h2-9,11-12,17H,1H3,(H,27,28,29). The summed E-state index contributed by atoms with van der Waals surface area (Å²) >= 11 is 12.5. The predicted molar refractivity (Wildman–Crippen MR) is 124 cm³/mol.